The first kappa shape index (κ1) is 11.6. The van der Waals surface area contributed by atoms with Gasteiger partial charge in [0.2, 0.25) is 0 Å². The van der Waals surface area contributed by atoms with Crippen LogP contribution in [0.1, 0.15) is 27.8 Å². The highest BCUT2D eigenvalue weighted by molar-refractivity contribution is 6.30. The minimum Gasteiger partial charge on any atom is -0.476 e. The summed E-state index contributed by atoms with van der Waals surface area (Å²) in [6.45, 7) is 0. The molecule has 88 valence electrons. The average molecular weight is 253 g/mol. The molecule has 1 aromatic carbocycles. The number of halogens is 1. The molecule has 0 radical (unpaired) electrons. The third-order valence-corrected chi connectivity index (χ3v) is 2.58. The predicted octanol–water partition coefficient (Wildman–Crippen LogP) is 1.84. The van der Waals surface area contributed by atoms with E-state index in [9.17, 15) is 9.90 Å². The molecule has 0 saturated carbocycles. The van der Waals surface area contributed by atoms with Crippen LogP contribution >= 0.6 is 11.6 Å². The van der Waals surface area contributed by atoms with E-state index in [1.54, 1.807) is 24.3 Å². The fourth-order valence-corrected chi connectivity index (χ4v) is 1.62. The van der Waals surface area contributed by atoms with Gasteiger partial charge < -0.3 is 15.2 Å². The van der Waals surface area contributed by atoms with Crippen LogP contribution in [0.15, 0.2) is 30.6 Å². The van der Waals surface area contributed by atoms with E-state index in [0.717, 1.165) is 0 Å². The van der Waals surface area contributed by atoms with Crippen LogP contribution in [0.4, 0.5) is 0 Å². The molecule has 0 aliphatic carbocycles. The van der Waals surface area contributed by atoms with Gasteiger partial charge in [-0.15, -0.1) is 0 Å². The number of aromatic carboxylic acids is 1. The molecule has 1 atom stereocenters. The quantitative estimate of drug-likeness (QED) is 0.778. The van der Waals surface area contributed by atoms with E-state index in [1.807, 2.05) is 0 Å². The molecule has 0 spiro atoms. The summed E-state index contributed by atoms with van der Waals surface area (Å²) in [6.07, 6.45) is 0.165. The van der Waals surface area contributed by atoms with Crippen molar-refractivity contribution < 1.29 is 15.0 Å². The molecule has 0 saturated heterocycles. The Kier molecular flexibility index (Phi) is 3.12. The van der Waals surface area contributed by atoms with Crippen molar-refractivity contribution in [2.45, 2.75) is 6.10 Å². The van der Waals surface area contributed by atoms with Crippen molar-refractivity contribution in [1.82, 2.24) is 9.97 Å². The fourth-order valence-electron chi connectivity index (χ4n) is 1.49. The molecule has 0 amide bonds. The first-order chi connectivity index (χ1) is 8.09. The van der Waals surface area contributed by atoms with E-state index >= 15 is 0 Å². The standard InChI is InChI=1S/C11H9ClN2O3/c12-7-3-1-6(2-4-7)10(15)8-9(11(16)17)14-5-13-8/h1-5,10,15H,(H,13,14)(H,16,17). The lowest BCUT2D eigenvalue weighted by molar-refractivity contribution is 0.0685. The Morgan fingerprint density at radius 2 is 2.00 bits per heavy atom. The molecule has 0 aliphatic heterocycles. The topological polar surface area (TPSA) is 86.2 Å². The van der Waals surface area contributed by atoms with E-state index in [0.29, 0.717) is 10.6 Å². The summed E-state index contributed by atoms with van der Waals surface area (Å²) in [5.41, 5.74) is 0.508. The number of hydrogen-bond donors (Lipinski definition) is 3. The maximum atomic E-state index is 10.9. The lowest BCUT2D eigenvalue weighted by Gasteiger charge is -2.09. The molecule has 0 aliphatic rings. The van der Waals surface area contributed by atoms with E-state index < -0.39 is 12.1 Å². The number of hydrogen-bond acceptors (Lipinski definition) is 3. The Morgan fingerprint density at radius 1 is 1.35 bits per heavy atom. The second-order valence-electron chi connectivity index (χ2n) is 3.42. The highest BCUT2D eigenvalue weighted by Gasteiger charge is 2.21. The van der Waals surface area contributed by atoms with Crippen molar-refractivity contribution in [3.05, 3.63) is 52.6 Å². The third-order valence-electron chi connectivity index (χ3n) is 2.33. The van der Waals surface area contributed by atoms with Crippen molar-refractivity contribution >= 4 is 17.6 Å². The number of nitrogens with one attached hydrogen (secondary N) is 1. The molecule has 3 N–H and O–H groups in total. The molecule has 1 heterocycles. The van der Waals surface area contributed by atoms with Crippen LogP contribution in [0.2, 0.25) is 5.02 Å². The molecular weight excluding hydrogens is 244 g/mol. The lowest BCUT2D eigenvalue weighted by atomic mass is 10.1. The van der Waals surface area contributed by atoms with Crippen molar-refractivity contribution in [3.8, 4) is 0 Å². The normalized spacial score (nSPS) is 12.4. The van der Waals surface area contributed by atoms with Gasteiger partial charge in [0, 0.05) is 5.02 Å². The molecule has 0 fully saturated rings. The van der Waals surface area contributed by atoms with Crippen LogP contribution in [0.3, 0.4) is 0 Å². The van der Waals surface area contributed by atoms with E-state index in [1.165, 1.54) is 6.33 Å². The highest BCUT2D eigenvalue weighted by Crippen LogP contribution is 2.23. The molecule has 5 nitrogen and oxygen atoms in total. The first-order valence-corrected chi connectivity index (χ1v) is 5.17. The fraction of sp³-hybridized carbons (Fsp3) is 0.0909. The van der Waals surface area contributed by atoms with Crippen LogP contribution in [0.5, 0.6) is 0 Å². The maximum Gasteiger partial charge on any atom is 0.356 e. The van der Waals surface area contributed by atoms with Gasteiger partial charge in [-0.3, -0.25) is 0 Å². The molecule has 6 heteroatoms. The molecule has 1 unspecified atom stereocenters. The Morgan fingerprint density at radius 3 is 2.59 bits per heavy atom. The minimum absolute atomic E-state index is 0.153. The summed E-state index contributed by atoms with van der Waals surface area (Å²) in [6, 6.07) is 6.49. The number of carbonyl (C=O) groups is 1. The zero-order chi connectivity index (χ0) is 12.4. The summed E-state index contributed by atoms with van der Waals surface area (Å²) in [5.74, 6) is -1.19. The average Bonchev–Trinajstić information content (AvgIpc) is 2.78. The first-order valence-electron chi connectivity index (χ1n) is 4.79. The Hall–Kier alpha value is -1.85. The number of aliphatic hydroxyl groups excluding tert-OH is 1. The monoisotopic (exact) mass is 252 g/mol. The van der Waals surface area contributed by atoms with E-state index in [-0.39, 0.29) is 11.4 Å². The Bertz CT molecular complexity index is 536. The maximum absolute atomic E-state index is 10.9. The number of aliphatic hydroxyl groups is 1. The second-order valence-corrected chi connectivity index (χ2v) is 3.86. The van der Waals surface area contributed by atoms with Crippen LogP contribution < -0.4 is 0 Å². The molecule has 0 bridgehead atoms. The third kappa shape index (κ3) is 2.30. The van der Waals surface area contributed by atoms with Crippen molar-refractivity contribution in [1.29, 1.82) is 0 Å². The predicted molar refractivity (Wildman–Crippen MR) is 61.1 cm³/mol. The Balaban J connectivity index is 2.36. The van der Waals surface area contributed by atoms with E-state index in [2.05, 4.69) is 9.97 Å². The SMILES string of the molecule is O=C(O)c1nc[nH]c1C(O)c1ccc(Cl)cc1. The largest absolute Gasteiger partial charge is 0.476 e. The number of carboxylic acids is 1. The molecule has 1 aromatic heterocycles. The van der Waals surface area contributed by atoms with Gasteiger partial charge in [-0.1, -0.05) is 23.7 Å². The van der Waals surface area contributed by atoms with Gasteiger partial charge in [-0.05, 0) is 17.7 Å². The van der Waals surface area contributed by atoms with Crippen LogP contribution in [-0.2, 0) is 0 Å². The summed E-state index contributed by atoms with van der Waals surface area (Å²) < 4.78 is 0. The zero-order valence-electron chi connectivity index (χ0n) is 8.59. The van der Waals surface area contributed by atoms with Crippen molar-refractivity contribution in [3.63, 3.8) is 0 Å². The number of aromatic nitrogens is 2. The summed E-state index contributed by atoms with van der Waals surface area (Å²) in [7, 11) is 0. The highest BCUT2D eigenvalue weighted by atomic mass is 35.5. The van der Waals surface area contributed by atoms with Gasteiger partial charge in [0.25, 0.3) is 0 Å². The second kappa shape index (κ2) is 4.57. The van der Waals surface area contributed by atoms with Gasteiger partial charge in [0.1, 0.15) is 6.10 Å². The molecule has 17 heavy (non-hydrogen) atoms. The van der Waals surface area contributed by atoms with Crippen LogP contribution in [0.25, 0.3) is 0 Å². The summed E-state index contributed by atoms with van der Waals surface area (Å²) in [5, 5.41) is 19.4. The van der Waals surface area contributed by atoms with Gasteiger partial charge in [0.15, 0.2) is 5.69 Å². The van der Waals surface area contributed by atoms with Gasteiger partial charge in [0.05, 0.1) is 12.0 Å². The molecule has 2 aromatic rings. The Labute approximate surface area is 102 Å². The molecule has 2 rings (SSSR count). The van der Waals surface area contributed by atoms with Crippen LogP contribution in [0, 0.1) is 0 Å². The summed E-state index contributed by atoms with van der Waals surface area (Å²) in [4.78, 5) is 17.1. The number of aromatic amines is 1. The summed E-state index contributed by atoms with van der Waals surface area (Å²) >= 11 is 5.73. The smallest absolute Gasteiger partial charge is 0.356 e. The minimum atomic E-state index is -1.19. The van der Waals surface area contributed by atoms with Gasteiger partial charge >= 0.3 is 5.97 Å². The number of benzene rings is 1. The molecular formula is C11H9ClN2O3. The van der Waals surface area contributed by atoms with Crippen LogP contribution in [-0.4, -0.2) is 26.2 Å². The van der Waals surface area contributed by atoms with E-state index in [4.69, 9.17) is 16.7 Å². The number of carboxylic acid groups (broad SMARTS) is 1. The number of nitrogens with zero attached hydrogens (tertiary/aromatic N) is 1. The van der Waals surface area contributed by atoms with Gasteiger partial charge in [-0.25, -0.2) is 9.78 Å². The lowest BCUT2D eigenvalue weighted by Crippen LogP contribution is -2.08. The van der Waals surface area contributed by atoms with Crippen molar-refractivity contribution in [2.75, 3.05) is 0 Å². The van der Waals surface area contributed by atoms with Crippen molar-refractivity contribution in [2.24, 2.45) is 0 Å². The number of imidazole rings is 1. The number of rotatable bonds is 3. The number of H-pyrrole nitrogens is 1. The zero-order valence-corrected chi connectivity index (χ0v) is 9.35. The van der Waals surface area contributed by atoms with Gasteiger partial charge in [-0.2, -0.15) is 0 Å².